The number of anilines is 1. The molecule has 0 saturated carbocycles. The molecule has 0 spiro atoms. The maximum atomic E-state index is 5.85. The van der Waals surface area contributed by atoms with Crippen molar-refractivity contribution in [3.05, 3.63) is 18.5 Å². The van der Waals surface area contributed by atoms with Crippen molar-refractivity contribution in [2.24, 2.45) is 5.73 Å². The highest BCUT2D eigenvalue weighted by Gasteiger charge is 2.25. The van der Waals surface area contributed by atoms with Crippen LogP contribution < -0.4 is 10.6 Å². The summed E-state index contributed by atoms with van der Waals surface area (Å²) in [4.78, 5) is 13.8. The fourth-order valence-electron chi connectivity index (χ4n) is 2.47. The van der Waals surface area contributed by atoms with Crippen LogP contribution in [0, 0.1) is 0 Å². The van der Waals surface area contributed by atoms with Crippen molar-refractivity contribution in [2.45, 2.75) is 25.8 Å². The summed E-state index contributed by atoms with van der Waals surface area (Å²) in [5.41, 5.74) is 5.85. The van der Waals surface area contributed by atoms with Crippen LogP contribution in [0.15, 0.2) is 18.5 Å². The molecule has 1 aromatic heterocycles. The Hall–Kier alpha value is -1.27. The van der Waals surface area contributed by atoms with E-state index in [1.54, 1.807) is 12.4 Å². The van der Waals surface area contributed by atoms with Crippen LogP contribution in [-0.4, -0.2) is 52.1 Å². The van der Waals surface area contributed by atoms with E-state index in [4.69, 9.17) is 18.0 Å². The quantitative estimate of drug-likeness (QED) is 0.813. The van der Waals surface area contributed by atoms with Gasteiger partial charge in [0.15, 0.2) is 0 Å². The Labute approximate surface area is 119 Å². The van der Waals surface area contributed by atoms with Crippen molar-refractivity contribution >= 4 is 23.2 Å². The van der Waals surface area contributed by atoms with Crippen LogP contribution in [0.2, 0.25) is 0 Å². The summed E-state index contributed by atoms with van der Waals surface area (Å²) in [6.45, 7) is 5.93. The lowest BCUT2D eigenvalue weighted by molar-refractivity contribution is 0.218. The maximum Gasteiger partial charge on any atom is 0.225 e. The monoisotopic (exact) mass is 279 g/mol. The van der Waals surface area contributed by atoms with Crippen molar-refractivity contribution in [1.82, 2.24) is 14.9 Å². The molecule has 0 aliphatic carbocycles. The van der Waals surface area contributed by atoms with Gasteiger partial charge in [-0.1, -0.05) is 25.6 Å². The molecular weight excluding hydrogens is 258 g/mol. The lowest BCUT2D eigenvalue weighted by atomic mass is 10.1. The minimum Gasteiger partial charge on any atom is -0.392 e. The van der Waals surface area contributed by atoms with Gasteiger partial charge < -0.3 is 10.6 Å². The van der Waals surface area contributed by atoms with Gasteiger partial charge in [-0.25, -0.2) is 9.97 Å². The van der Waals surface area contributed by atoms with Crippen LogP contribution in [0.1, 0.15) is 19.8 Å². The number of hydrogen-bond donors (Lipinski definition) is 1. The molecule has 0 bridgehead atoms. The first kappa shape index (κ1) is 14.1. The molecule has 19 heavy (non-hydrogen) atoms. The number of piperazine rings is 1. The highest BCUT2D eigenvalue weighted by molar-refractivity contribution is 7.80. The fraction of sp³-hybridized carbons (Fsp3) is 0.615. The van der Waals surface area contributed by atoms with Crippen molar-refractivity contribution in [3.8, 4) is 0 Å². The number of nitrogens with two attached hydrogens (primary N) is 1. The SMILES string of the molecule is CCCC(C(N)=S)N1CCN(c2ncccn2)CC1. The predicted molar refractivity (Wildman–Crippen MR) is 81.3 cm³/mol. The van der Waals surface area contributed by atoms with Gasteiger partial charge in [0.05, 0.1) is 11.0 Å². The number of nitrogens with zero attached hydrogens (tertiary/aromatic N) is 4. The molecular formula is C13H21N5S. The van der Waals surface area contributed by atoms with Gasteiger partial charge in [-0.2, -0.15) is 0 Å². The van der Waals surface area contributed by atoms with E-state index in [0.717, 1.165) is 45.0 Å². The van der Waals surface area contributed by atoms with Gasteiger partial charge >= 0.3 is 0 Å². The summed E-state index contributed by atoms with van der Waals surface area (Å²) in [5.74, 6) is 0.810. The summed E-state index contributed by atoms with van der Waals surface area (Å²) >= 11 is 5.18. The smallest absolute Gasteiger partial charge is 0.225 e. The summed E-state index contributed by atoms with van der Waals surface area (Å²) in [6.07, 6.45) is 5.70. The number of thiocarbonyl (C=S) groups is 1. The number of rotatable bonds is 5. The number of hydrogen-bond acceptors (Lipinski definition) is 5. The molecule has 0 amide bonds. The molecule has 0 radical (unpaired) electrons. The van der Waals surface area contributed by atoms with Crippen molar-refractivity contribution < 1.29 is 0 Å². The second-order valence-corrected chi connectivity index (χ2v) is 5.25. The average Bonchev–Trinajstić information content (AvgIpc) is 2.46. The first-order valence-corrected chi connectivity index (χ1v) is 7.18. The third-order valence-electron chi connectivity index (χ3n) is 3.48. The minimum absolute atomic E-state index is 0.235. The van der Waals surface area contributed by atoms with E-state index in [1.807, 2.05) is 6.07 Å². The highest BCUT2D eigenvalue weighted by Crippen LogP contribution is 2.14. The van der Waals surface area contributed by atoms with E-state index >= 15 is 0 Å². The Morgan fingerprint density at radius 2 is 1.95 bits per heavy atom. The second kappa shape index (κ2) is 6.77. The van der Waals surface area contributed by atoms with E-state index in [2.05, 4.69) is 26.7 Å². The second-order valence-electron chi connectivity index (χ2n) is 4.78. The molecule has 2 heterocycles. The average molecular weight is 279 g/mol. The highest BCUT2D eigenvalue weighted by atomic mass is 32.1. The lowest BCUT2D eigenvalue weighted by Crippen LogP contribution is -2.54. The third kappa shape index (κ3) is 3.61. The van der Waals surface area contributed by atoms with Gasteiger partial charge in [-0.05, 0) is 12.5 Å². The topological polar surface area (TPSA) is 58.3 Å². The first-order chi connectivity index (χ1) is 9.22. The van der Waals surface area contributed by atoms with Gasteiger partial charge in [0.1, 0.15) is 0 Å². The Balaban J connectivity index is 1.93. The van der Waals surface area contributed by atoms with E-state index in [-0.39, 0.29) is 6.04 Å². The fourth-order valence-corrected chi connectivity index (χ4v) is 2.73. The van der Waals surface area contributed by atoms with Gasteiger partial charge in [-0.15, -0.1) is 0 Å². The van der Waals surface area contributed by atoms with Gasteiger partial charge in [-0.3, -0.25) is 4.90 Å². The normalized spacial score (nSPS) is 18.3. The Morgan fingerprint density at radius 1 is 1.32 bits per heavy atom. The van der Waals surface area contributed by atoms with E-state index in [1.165, 1.54) is 0 Å². The molecule has 2 N–H and O–H groups in total. The summed E-state index contributed by atoms with van der Waals surface area (Å²) < 4.78 is 0. The van der Waals surface area contributed by atoms with Crippen molar-refractivity contribution in [1.29, 1.82) is 0 Å². The van der Waals surface area contributed by atoms with Gasteiger partial charge in [0, 0.05) is 38.6 Å². The summed E-state index contributed by atoms with van der Waals surface area (Å²) in [5, 5.41) is 0. The van der Waals surface area contributed by atoms with Crippen LogP contribution in [0.3, 0.4) is 0 Å². The summed E-state index contributed by atoms with van der Waals surface area (Å²) in [6, 6.07) is 2.07. The van der Waals surface area contributed by atoms with Crippen LogP contribution in [0.5, 0.6) is 0 Å². The molecule has 1 aliphatic heterocycles. The minimum atomic E-state index is 0.235. The standard InChI is InChI=1S/C13H21N5S/c1-2-4-11(12(14)19)17-7-9-18(10-8-17)13-15-5-3-6-16-13/h3,5-6,11H,2,4,7-10H2,1H3,(H2,14,19). The van der Waals surface area contributed by atoms with Crippen LogP contribution in [0.4, 0.5) is 5.95 Å². The Kier molecular flexibility index (Phi) is 5.04. The molecule has 1 atom stereocenters. The summed E-state index contributed by atoms with van der Waals surface area (Å²) in [7, 11) is 0. The third-order valence-corrected chi connectivity index (χ3v) is 3.75. The zero-order chi connectivity index (χ0) is 13.7. The van der Waals surface area contributed by atoms with Crippen LogP contribution in [0.25, 0.3) is 0 Å². The number of aromatic nitrogens is 2. The molecule has 1 aromatic rings. The maximum absolute atomic E-state index is 5.85. The molecule has 6 heteroatoms. The molecule has 2 rings (SSSR count). The Morgan fingerprint density at radius 3 is 2.47 bits per heavy atom. The first-order valence-electron chi connectivity index (χ1n) is 6.77. The van der Waals surface area contributed by atoms with Gasteiger partial charge in [0.2, 0.25) is 5.95 Å². The van der Waals surface area contributed by atoms with Gasteiger partial charge in [0.25, 0.3) is 0 Å². The van der Waals surface area contributed by atoms with Crippen LogP contribution >= 0.6 is 12.2 Å². The molecule has 104 valence electrons. The zero-order valence-corrected chi connectivity index (χ0v) is 12.1. The Bertz CT molecular complexity index is 403. The predicted octanol–water partition coefficient (Wildman–Crippen LogP) is 1.05. The van der Waals surface area contributed by atoms with E-state index in [9.17, 15) is 0 Å². The van der Waals surface area contributed by atoms with Crippen molar-refractivity contribution in [3.63, 3.8) is 0 Å². The molecule has 1 unspecified atom stereocenters. The largest absolute Gasteiger partial charge is 0.392 e. The molecule has 1 fully saturated rings. The van der Waals surface area contributed by atoms with Crippen molar-refractivity contribution in [2.75, 3.05) is 31.1 Å². The molecule has 1 aliphatic rings. The van der Waals surface area contributed by atoms with Crippen LogP contribution in [-0.2, 0) is 0 Å². The van der Waals surface area contributed by atoms with E-state index < -0.39 is 0 Å². The van der Waals surface area contributed by atoms with E-state index in [0.29, 0.717) is 4.99 Å². The molecule has 0 aromatic carbocycles. The molecule has 1 saturated heterocycles. The molecule has 5 nitrogen and oxygen atoms in total. The lowest BCUT2D eigenvalue weighted by Gasteiger charge is -2.38. The zero-order valence-electron chi connectivity index (χ0n) is 11.3.